The molecule has 2 aromatic heterocycles. The summed E-state index contributed by atoms with van der Waals surface area (Å²) in [4.78, 5) is 34.3. The van der Waals surface area contributed by atoms with Gasteiger partial charge in [-0.1, -0.05) is 13.8 Å². The molecule has 0 saturated heterocycles. The van der Waals surface area contributed by atoms with E-state index in [1.54, 1.807) is 0 Å². The summed E-state index contributed by atoms with van der Waals surface area (Å²) in [5, 5.41) is 9.46. The van der Waals surface area contributed by atoms with Gasteiger partial charge in [-0.3, -0.25) is 19.1 Å². The molecule has 2 aromatic rings. The van der Waals surface area contributed by atoms with Gasteiger partial charge in [0, 0.05) is 0 Å². The van der Waals surface area contributed by atoms with Crippen LogP contribution in [0, 0.1) is 10.8 Å². The molecule has 2 atom stereocenters. The standard InChI is InChI=1S/C16H23N5O5/c1-15(2)6-16(15,3)13(24)25-5-9(4-22)26-8-21-7-18-10-11(21)19-14(17)20-12(10)23/h7,9,22H,4-6,8H2,1-3H3,(H3,17,19,20,23). The van der Waals surface area contributed by atoms with Gasteiger partial charge in [0.25, 0.3) is 5.56 Å². The van der Waals surface area contributed by atoms with Crippen molar-refractivity contribution < 1.29 is 19.4 Å². The van der Waals surface area contributed by atoms with Crippen molar-refractivity contribution in [3.63, 3.8) is 0 Å². The van der Waals surface area contributed by atoms with Crippen LogP contribution < -0.4 is 11.3 Å². The number of fused-ring (bicyclic) bond motifs is 1. The molecule has 10 nitrogen and oxygen atoms in total. The average molecular weight is 365 g/mol. The Kier molecular flexibility index (Phi) is 4.49. The van der Waals surface area contributed by atoms with Crippen molar-refractivity contribution in [3.8, 4) is 0 Å². The summed E-state index contributed by atoms with van der Waals surface area (Å²) < 4.78 is 12.4. The lowest BCUT2D eigenvalue weighted by Crippen LogP contribution is -2.30. The van der Waals surface area contributed by atoms with Crippen LogP contribution >= 0.6 is 0 Å². The van der Waals surface area contributed by atoms with Gasteiger partial charge in [-0.15, -0.1) is 0 Å². The number of imidazole rings is 1. The summed E-state index contributed by atoms with van der Waals surface area (Å²) in [5.41, 5.74) is 4.94. The minimum absolute atomic E-state index is 0.0298. The molecular weight excluding hydrogens is 342 g/mol. The Hall–Kier alpha value is -2.46. The van der Waals surface area contributed by atoms with Crippen molar-refractivity contribution in [2.75, 3.05) is 18.9 Å². The molecule has 1 aliphatic carbocycles. The number of hydrogen-bond acceptors (Lipinski definition) is 8. The molecule has 10 heteroatoms. The third-order valence-electron chi connectivity index (χ3n) is 5.16. The minimum atomic E-state index is -0.707. The summed E-state index contributed by atoms with van der Waals surface area (Å²) in [5.74, 6) is -0.323. The Balaban J connectivity index is 1.60. The topological polar surface area (TPSA) is 145 Å². The molecule has 0 aliphatic heterocycles. The third-order valence-corrected chi connectivity index (χ3v) is 5.16. The molecule has 2 unspecified atom stereocenters. The number of aromatic amines is 1. The first-order valence-electron chi connectivity index (χ1n) is 8.28. The lowest BCUT2D eigenvalue weighted by Gasteiger charge is -2.19. The van der Waals surface area contributed by atoms with Crippen molar-refractivity contribution >= 4 is 23.1 Å². The molecule has 1 fully saturated rings. The van der Waals surface area contributed by atoms with Crippen LogP contribution in [0.5, 0.6) is 0 Å². The largest absolute Gasteiger partial charge is 0.462 e. The van der Waals surface area contributed by atoms with E-state index in [2.05, 4.69) is 15.0 Å². The second-order valence-electron chi connectivity index (χ2n) is 7.43. The lowest BCUT2D eigenvalue weighted by molar-refractivity contribution is -0.157. The highest BCUT2D eigenvalue weighted by atomic mass is 16.6. The molecule has 0 amide bonds. The van der Waals surface area contributed by atoms with Crippen LogP contribution in [-0.4, -0.2) is 49.9 Å². The van der Waals surface area contributed by atoms with Gasteiger partial charge < -0.3 is 20.3 Å². The molecule has 0 aromatic carbocycles. The Bertz CT molecular complexity index is 889. The fourth-order valence-electron chi connectivity index (χ4n) is 2.92. The first kappa shape index (κ1) is 18.3. The summed E-state index contributed by atoms with van der Waals surface area (Å²) in [6, 6.07) is 0. The Morgan fingerprint density at radius 3 is 2.81 bits per heavy atom. The highest BCUT2D eigenvalue weighted by Crippen LogP contribution is 2.63. The summed E-state index contributed by atoms with van der Waals surface area (Å²) in [6.45, 7) is 5.48. The van der Waals surface area contributed by atoms with E-state index in [-0.39, 0.29) is 48.4 Å². The number of aliphatic hydroxyl groups excluding tert-OH is 1. The molecule has 4 N–H and O–H groups in total. The number of carbonyl (C=O) groups is 1. The van der Waals surface area contributed by atoms with Gasteiger partial charge in [0.1, 0.15) is 19.4 Å². The predicted octanol–water partition coefficient (Wildman–Crippen LogP) is 0.0162. The van der Waals surface area contributed by atoms with Gasteiger partial charge >= 0.3 is 5.97 Å². The number of nitrogen functional groups attached to an aromatic ring is 1. The first-order valence-corrected chi connectivity index (χ1v) is 8.28. The monoisotopic (exact) mass is 365 g/mol. The number of nitrogens with zero attached hydrogens (tertiary/aromatic N) is 3. The molecule has 0 radical (unpaired) electrons. The molecule has 26 heavy (non-hydrogen) atoms. The normalized spacial score (nSPS) is 22.3. The number of H-pyrrole nitrogens is 1. The van der Waals surface area contributed by atoms with E-state index in [4.69, 9.17) is 15.2 Å². The third kappa shape index (κ3) is 3.17. The molecule has 0 spiro atoms. The van der Waals surface area contributed by atoms with Crippen LogP contribution in [0.4, 0.5) is 5.95 Å². The maximum Gasteiger partial charge on any atom is 0.312 e. The van der Waals surface area contributed by atoms with Gasteiger partial charge in [-0.2, -0.15) is 4.98 Å². The molecule has 3 rings (SSSR count). The summed E-state index contributed by atoms with van der Waals surface area (Å²) in [6.07, 6.45) is 1.45. The molecule has 1 saturated carbocycles. The number of esters is 1. The molecule has 2 heterocycles. The van der Waals surface area contributed by atoms with E-state index in [0.29, 0.717) is 0 Å². The van der Waals surface area contributed by atoms with E-state index in [0.717, 1.165) is 6.42 Å². The number of nitrogens with one attached hydrogen (secondary N) is 1. The van der Waals surface area contributed by atoms with Crippen molar-refractivity contribution in [3.05, 3.63) is 16.7 Å². The number of ether oxygens (including phenoxy) is 2. The Morgan fingerprint density at radius 1 is 1.50 bits per heavy atom. The number of rotatable bonds is 7. The van der Waals surface area contributed by atoms with E-state index < -0.39 is 17.1 Å². The lowest BCUT2D eigenvalue weighted by atomic mass is 9.99. The highest BCUT2D eigenvalue weighted by molar-refractivity contribution is 5.81. The smallest absolute Gasteiger partial charge is 0.312 e. The van der Waals surface area contributed by atoms with Crippen molar-refractivity contribution in [2.24, 2.45) is 10.8 Å². The SMILES string of the molecule is CC1(C)CC1(C)C(=O)OCC(CO)OCn1cnc2c(=O)[nH]c(N)nc21. The van der Waals surface area contributed by atoms with Gasteiger partial charge in [-0.05, 0) is 18.8 Å². The number of carbonyl (C=O) groups excluding carboxylic acids is 1. The number of aliphatic hydroxyl groups is 1. The minimum Gasteiger partial charge on any atom is -0.462 e. The highest BCUT2D eigenvalue weighted by Gasteiger charge is 2.63. The molecular formula is C16H23N5O5. The number of nitrogens with two attached hydrogens (primary N) is 1. The van der Waals surface area contributed by atoms with Crippen LogP contribution in [0.2, 0.25) is 0 Å². The fourth-order valence-corrected chi connectivity index (χ4v) is 2.92. The summed E-state index contributed by atoms with van der Waals surface area (Å²) >= 11 is 0. The molecule has 0 bridgehead atoms. The molecule has 1 aliphatic rings. The van der Waals surface area contributed by atoms with Crippen molar-refractivity contribution in [1.82, 2.24) is 19.5 Å². The maximum atomic E-state index is 12.2. The van der Waals surface area contributed by atoms with Gasteiger partial charge in [0.2, 0.25) is 5.95 Å². The molecule has 142 valence electrons. The van der Waals surface area contributed by atoms with E-state index >= 15 is 0 Å². The van der Waals surface area contributed by atoms with Crippen LogP contribution in [0.15, 0.2) is 11.1 Å². The van der Waals surface area contributed by atoms with Gasteiger partial charge in [0.15, 0.2) is 11.2 Å². The maximum absolute atomic E-state index is 12.2. The Labute approximate surface area is 149 Å². The van der Waals surface area contributed by atoms with E-state index in [1.807, 2.05) is 20.8 Å². The van der Waals surface area contributed by atoms with Crippen LogP contribution in [0.25, 0.3) is 11.2 Å². The van der Waals surface area contributed by atoms with Crippen molar-refractivity contribution in [2.45, 2.75) is 40.0 Å². The van der Waals surface area contributed by atoms with E-state index in [9.17, 15) is 14.7 Å². The van der Waals surface area contributed by atoms with Crippen LogP contribution in [0.3, 0.4) is 0 Å². The van der Waals surface area contributed by atoms with Gasteiger partial charge in [-0.25, -0.2) is 4.98 Å². The fraction of sp³-hybridized carbons (Fsp3) is 0.625. The van der Waals surface area contributed by atoms with Crippen LogP contribution in [0.1, 0.15) is 27.2 Å². The van der Waals surface area contributed by atoms with Crippen LogP contribution in [-0.2, 0) is 21.0 Å². The zero-order valence-corrected chi connectivity index (χ0v) is 15.0. The second-order valence-corrected chi connectivity index (χ2v) is 7.43. The zero-order valence-electron chi connectivity index (χ0n) is 15.0. The number of hydrogen-bond donors (Lipinski definition) is 3. The zero-order chi connectivity index (χ0) is 19.1. The second kappa shape index (κ2) is 6.36. The quantitative estimate of drug-likeness (QED) is 0.582. The number of aromatic nitrogens is 4. The summed E-state index contributed by atoms with van der Waals surface area (Å²) in [7, 11) is 0. The Morgan fingerprint density at radius 2 is 2.19 bits per heavy atom. The predicted molar refractivity (Wildman–Crippen MR) is 92.0 cm³/mol. The van der Waals surface area contributed by atoms with Crippen molar-refractivity contribution in [1.29, 1.82) is 0 Å². The average Bonchev–Trinajstić information content (AvgIpc) is 2.90. The first-order chi connectivity index (χ1) is 12.2. The van der Waals surface area contributed by atoms with Gasteiger partial charge in [0.05, 0.1) is 18.3 Å². The number of anilines is 1. The van der Waals surface area contributed by atoms with E-state index in [1.165, 1.54) is 10.9 Å².